The summed E-state index contributed by atoms with van der Waals surface area (Å²) in [4.78, 5) is 9.55. The highest BCUT2D eigenvalue weighted by Gasteiger charge is 2.22. The van der Waals surface area contributed by atoms with E-state index in [1.54, 1.807) is 14.2 Å². The number of para-hydroxylation sites is 1. The first-order chi connectivity index (χ1) is 13.3. The maximum atomic E-state index is 5.22. The monoisotopic (exact) mass is 357 g/mol. The molecule has 0 saturated carbocycles. The van der Waals surface area contributed by atoms with Crippen LogP contribution in [0.25, 0.3) is 0 Å². The molecule has 0 aromatic heterocycles. The van der Waals surface area contributed by atoms with Gasteiger partial charge in [-0.15, -0.1) is 0 Å². The van der Waals surface area contributed by atoms with Crippen molar-refractivity contribution in [2.45, 2.75) is 0 Å². The van der Waals surface area contributed by atoms with Crippen molar-refractivity contribution >= 4 is 28.6 Å². The molecular weight excluding hydrogens is 338 g/mol. The molecular formula is C22H19N3O2. The van der Waals surface area contributed by atoms with Gasteiger partial charge in [0.1, 0.15) is 17.2 Å². The van der Waals surface area contributed by atoms with Crippen LogP contribution in [-0.2, 0) is 0 Å². The number of hydrogen-bond acceptors (Lipinski definition) is 5. The summed E-state index contributed by atoms with van der Waals surface area (Å²) in [6.45, 7) is 0. The molecule has 0 radical (unpaired) electrons. The third-order valence-electron chi connectivity index (χ3n) is 4.28. The van der Waals surface area contributed by atoms with Crippen LogP contribution >= 0.6 is 0 Å². The molecule has 0 aliphatic carbocycles. The van der Waals surface area contributed by atoms with E-state index in [1.807, 2.05) is 72.8 Å². The number of methoxy groups -OCH3 is 2. The minimum absolute atomic E-state index is 0.720. The van der Waals surface area contributed by atoms with Gasteiger partial charge in [-0.05, 0) is 54.6 Å². The van der Waals surface area contributed by atoms with Crippen molar-refractivity contribution in [2.24, 2.45) is 9.98 Å². The SMILES string of the molecule is COc1ccc(N=C2C(Nc3ccc(OC)cc3)=Nc3ccccc32)cc1. The maximum Gasteiger partial charge on any atom is 0.157 e. The standard InChI is InChI=1S/C22H19N3O2/c1-26-17-11-7-15(8-12-17)23-21-19-5-3-4-6-20(19)25-22(21)24-16-9-13-18(27-2)14-10-16/h3-14H,1-2H3,(H,23,24,25). The summed E-state index contributed by atoms with van der Waals surface area (Å²) in [5, 5.41) is 3.37. The molecule has 0 saturated heterocycles. The number of amidine groups is 1. The van der Waals surface area contributed by atoms with Gasteiger partial charge in [-0.25, -0.2) is 9.98 Å². The van der Waals surface area contributed by atoms with E-state index in [-0.39, 0.29) is 0 Å². The zero-order chi connectivity index (χ0) is 18.6. The molecule has 4 rings (SSSR count). The van der Waals surface area contributed by atoms with Gasteiger partial charge >= 0.3 is 0 Å². The molecule has 5 heteroatoms. The molecule has 134 valence electrons. The number of ether oxygens (including phenoxy) is 2. The first-order valence-corrected chi connectivity index (χ1v) is 8.59. The zero-order valence-corrected chi connectivity index (χ0v) is 15.1. The fourth-order valence-electron chi connectivity index (χ4n) is 2.87. The second-order valence-corrected chi connectivity index (χ2v) is 5.99. The van der Waals surface area contributed by atoms with Crippen LogP contribution in [0, 0.1) is 0 Å². The molecule has 0 fully saturated rings. The normalized spacial score (nSPS) is 13.9. The fourth-order valence-corrected chi connectivity index (χ4v) is 2.87. The van der Waals surface area contributed by atoms with E-state index in [1.165, 1.54) is 0 Å². The smallest absolute Gasteiger partial charge is 0.157 e. The molecule has 1 aliphatic heterocycles. The Kier molecular flexibility index (Phi) is 4.58. The Labute approximate surface area is 158 Å². The lowest BCUT2D eigenvalue weighted by atomic mass is 10.1. The molecule has 3 aromatic carbocycles. The van der Waals surface area contributed by atoms with Crippen LogP contribution in [0.4, 0.5) is 17.1 Å². The molecule has 0 spiro atoms. The quantitative estimate of drug-likeness (QED) is 0.716. The molecule has 1 N–H and O–H groups in total. The lowest BCUT2D eigenvalue weighted by molar-refractivity contribution is 0.415. The van der Waals surface area contributed by atoms with E-state index in [0.717, 1.165) is 45.7 Å². The second kappa shape index (κ2) is 7.33. The van der Waals surface area contributed by atoms with E-state index in [4.69, 9.17) is 19.5 Å². The highest BCUT2D eigenvalue weighted by Crippen LogP contribution is 2.30. The third-order valence-corrected chi connectivity index (χ3v) is 4.28. The predicted octanol–water partition coefficient (Wildman–Crippen LogP) is 4.98. The number of aliphatic imine (C=N–C) groups is 2. The minimum Gasteiger partial charge on any atom is -0.497 e. The van der Waals surface area contributed by atoms with Crippen molar-refractivity contribution in [3.8, 4) is 11.5 Å². The van der Waals surface area contributed by atoms with Gasteiger partial charge in [0.05, 0.1) is 25.6 Å². The van der Waals surface area contributed by atoms with Crippen molar-refractivity contribution < 1.29 is 9.47 Å². The van der Waals surface area contributed by atoms with Crippen LogP contribution in [0.5, 0.6) is 11.5 Å². The average molecular weight is 357 g/mol. The Morgan fingerprint density at radius 1 is 0.778 bits per heavy atom. The second-order valence-electron chi connectivity index (χ2n) is 5.99. The summed E-state index contributed by atoms with van der Waals surface area (Å²) in [7, 11) is 3.30. The largest absolute Gasteiger partial charge is 0.497 e. The van der Waals surface area contributed by atoms with E-state index in [2.05, 4.69) is 5.32 Å². The molecule has 3 aromatic rings. The third kappa shape index (κ3) is 3.53. The van der Waals surface area contributed by atoms with Crippen LogP contribution in [0.2, 0.25) is 0 Å². The van der Waals surface area contributed by atoms with Crippen molar-refractivity contribution in [3.63, 3.8) is 0 Å². The summed E-state index contributed by atoms with van der Waals surface area (Å²) in [6.07, 6.45) is 0. The van der Waals surface area contributed by atoms with E-state index in [0.29, 0.717) is 0 Å². The highest BCUT2D eigenvalue weighted by atomic mass is 16.5. The Balaban J connectivity index is 1.69. The fraction of sp³-hybridized carbons (Fsp3) is 0.0909. The summed E-state index contributed by atoms with van der Waals surface area (Å²) in [6, 6.07) is 23.4. The topological polar surface area (TPSA) is 55.2 Å². The van der Waals surface area contributed by atoms with Gasteiger partial charge in [-0.1, -0.05) is 18.2 Å². The Bertz CT molecular complexity index is 1010. The number of nitrogens with zero attached hydrogens (tertiary/aromatic N) is 2. The van der Waals surface area contributed by atoms with E-state index >= 15 is 0 Å². The molecule has 0 unspecified atom stereocenters. The molecule has 0 atom stereocenters. The molecule has 1 heterocycles. The van der Waals surface area contributed by atoms with Gasteiger partial charge < -0.3 is 14.8 Å². The van der Waals surface area contributed by atoms with Crippen LogP contribution < -0.4 is 14.8 Å². The Hall–Kier alpha value is -3.60. The van der Waals surface area contributed by atoms with Crippen LogP contribution in [0.1, 0.15) is 5.56 Å². The van der Waals surface area contributed by atoms with Gasteiger partial charge in [-0.2, -0.15) is 0 Å². The lowest BCUT2D eigenvalue weighted by Gasteiger charge is -2.09. The molecule has 0 amide bonds. The first-order valence-electron chi connectivity index (χ1n) is 8.59. The van der Waals surface area contributed by atoms with E-state index < -0.39 is 0 Å². The van der Waals surface area contributed by atoms with Crippen molar-refractivity contribution in [2.75, 3.05) is 19.5 Å². The molecule has 0 bridgehead atoms. The van der Waals surface area contributed by atoms with Crippen LogP contribution in [0.3, 0.4) is 0 Å². The molecule has 27 heavy (non-hydrogen) atoms. The van der Waals surface area contributed by atoms with Crippen molar-refractivity contribution in [1.82, 2.24) is 0 Å². The van der Waals surface area contributed by atoms with Crippen LogP contribution in [0.15, 0.2) is 82.8 Å². The predicted molar refractivity (Wildman–Crippen MR) is 109 cm³/mol. The maximum absolute atomic E-state index is 5.22. The Morgan fingerprint density at radius 2 is 1.41 bits per heavy atom. The number of rotatable bonds is 4. The van der Waals surface area contributed by atoms with Gasteiger partial charge in [0.2, 0.25) is 0 Å². The molecule has 1 aliphatic rings. The van der Waals surface area contributed by atoms with Crippen LogP contribution in [-0.4, -0.2) is 25.8 Å². The van der Waals surface area contributed by atoms with Gasteiger partial charge in [-0.3, -0.25) is 0 Å². The number of anilines is 1. The number of hydrogen-bond donors (Lipinski definition) is 1. The van der Waals surface area contributed by atoms with E-state index in [9.17, 15) is 0 Å². The average Bonchev–Trinajstić information content (AvgIpc) is 3.06. The summed E-state index contributed by atoms with van der Waals surface area (Å²) in [5.41, 5.74) is 4.48. The Morgan fingerprint density at radius 3 is 2.07 bits per heavy atom. The zero-order valence-electron chi connectivity index (χ0n) is 15.1. The highest BCUT2D eigenvalue weighted by molar-refractivity contribution is 6.54. The minimum atomic E-state index is 0.720. The van der Waals surface area contributed by atoms with Crippen molar-refractivity contribution in [1.29, 1.82) is 0 Å². The summed E-state index contributed by atoms with van der Waals surface area (Å²) >= 11 is 0. The van der Waals surface area contributed by atoms with Gasteiger partial charge in [0.25, 0.3) is 0 Å². The lowest BCUT2D eigenvalue weighted by Crippen LogP contribution is -2.20. The molecule has 5 nitrogen and oxygen atoms in total. The number of fused-ring (bicyclic) bond motifs is 1. The van der Waals surface area contributed by atoms with Gasteiger partial charge in [0, 0.05) is 11.3 Å². The number of nitrogens with one attached hydrogen (secondary N) is 1. The van der Waals surface area contributed by atoms with Gasteiger partial charge in [0.15, 0.2) is 5.84 Å². The summed E-state index contributed by atoms with van der Waals surface area (Å²) < 4.78 is 10.4. The first kappa shape index (κ1) is 16.8. The number of benzene rings is 3. The van der Waals surface area contributed by atoms with Crippen molar-refractivity contribution in [3.05, 3.63) is 78.4 Å². The summed E-state index contributed by atoms with van der Waals surface area (Å²) in [5.74, 6) is 2.33.